The molecule has 0 atom stereocenters. The highest BCUT2D eigenvalue weighted by atomic mass is 16.3. The zero-order valence-electron chi connectivity index (χ0n) is 24.9. The van der Waals surface area contributed by atoms with Crippen LogP contribution in [0.25, 0.3) is 33.2 Å². The topological polar surface area (TPSA) is 17.0 Å². The Kier molecular flexibility index (Phi) is 5.05. The Bertz CT molecular complexity index is 1550. The van der Waals surface area contributed by atoms with E-state index in [4.69, 9.17) is 4.42 Å². The van der Waals surface area contributed by atoms with Crippen LogP contribution in [0.2, 0.25) is 0 Å². The van der Waals surface area contributed by atoms with Gasteiger partial charge in [0.2, 0.25) is 5.69 Å². The lowest BCUT2D eigenvalue weighted by Gasteiger charge is -2.43. The van der Waals surface area contributed by atoms with E-state index in [1.54, 1.807) is 0 Å². The summed E-state index contributed by atoms with van der Waals surface area (Å²) >= 11 is 0. The average Bonchev–Trinajstić information content (AvgIpc) is 3.26. The fourth-order valence-corrected chi connectivity index (χ4v) is 7.17. The molecular formula is C34H42NO+. The first-order valence-electron chi connectivity index (χ1n) is 14.9. The van der Waals surface area contributed by atoms with Crippen LogP contribution in [0.4, 0.5) is 0 Å². The van der Waals surface area contributed by atoms with Crippen molar-refractivity contribution in [3.63, 3.8) is 0 Å². The van der Waals surface area contributed by atoms with Gasteiger partial charge in [-0.25, -0.2) is 4.57 Å². The van der Waals surface area contributed by atoms with Crippen LogP contribution in [0.5, 0.6) is 0 Å². The van der Waals surface area contributed by atoms with E-state index in [1.807, 2.05) is 12.3 Å². The number of aromatic nitrogens is 1. The summed E-state index contributed by atoms with van der Waals surface area (Å²) in [4.78, 5) is 0. The summed E-state index contributed by atoms with van der Waals surface area (Å²) in [6.07, 6.45) is 8.42. The molecule has 2 aromatic carbocycles. The Hall–Kier alpha value is -2.61. The van der Waals surface area contributed by atoms with Crippen LogP contribution < -0.4 is 4.57 Å². The Morgan fingerprint density at radius 2 is 1.67 bits per heavy atom. The van der Waals surface area contributed by atoms with Crippen molar-refractivity contribution in [1.82, 2.24) is 0 Å². The summed E-state index contributed by atoms with van der Waals surface area (Å²) in [5.41, 5.74) is 9.05. The highest BCUT2D eigenvalue weighted by molar-refractivity contribution is 6.12. The van der Waals surface area contributed by atoms with Crippen molar-refractivity contribution in [1.29, 1.82) is 0 Å². The minimum Gasteiger partial charge on any atom is -0.455 e. The lowest BCUT2D eigenvalue weighted by Crippen LogP contribution is -2.36. The van der Waals surface area contributed by atoms with Gasteiger partial charge in [0.15, 0.2) is 6.20 Å². The van der Waals surface area contributed by atoms with Gasteiger partial charge in [-0.1, -0.05) is 78.0 Å². The fraction of sp³-hybridized carbons (Fsp3) is 0.500. The van der Waals surface area contributed by atoms with Gasteiger partial charge in [0.1, 0.15) is 18.2 Å². The van der Waals surface area contributed by atoms with Crippen molar-refractivity contribution in [3.8, 4) is 11.3 Å². The fourth-order valence-electron chi connectivity index (χ4n) is 7.17. The molecule has 0 bridgehead atoms. The van der Waals surface area contributed by atoms with Crippen molar-refractivity contribution >= 4 is 21.9 Å². The molecule has 1 fully saturated rings. The zero-order chi connectivity index (χ0) is 27.0. The summed E-state index contributed by atoms with van der Waals surface area (Å²) in [5.74, 6) is 0.0763. The minimum atomic E-state index is -1.35. The number of fused-ring (bicyclic) bond motifs is 5. The summed E-state index contributed by atoms with van der Waals surface area (Å²) in [5, 5.41) is 2.43. The number of aryl methyl sites for hydroxylation is 1. The van der Waals surface area contributed by atoms with Crippen molar-refractivity contribution in [2.75, 3.05) is 0 Å². The Morgan fingerprint density at radius 3 is 2.42 bits per heavy atom. The number of hydrogen-bond donors (Lipinski definition) is 0. The first-order valence-corrected chi connectivity index (χ1v) is 13.9. The number of pyridine rings is 1. The monoisotopic (exact) mass is 482 g/mol. The number of rotatable bonds is 3. The second kappa shape index (κ2) is 8.47. The molecule has 1 saturated carbocycles. The van der Waals surface area contributed by atoms with Crippen LogP contribution in [-0.4, -0.2) is 0 Å². The van der Waals surface area contributed by atoms with Gasteiger partial charge >= 0.3 is 0 Å². The number of para-hydroxylation sites is 1. The largest absolute Gasteiger partial charge is 0.455 e. The van der Waals surface area contributed by atoms with E-state index in [0.717, 1.165) is 66.5 Å². The van der Waals surface area contributed by atoms with Gasteiger partial charge in [-0.15, -0.1) is 0 Å². The summed E-state index contributed by atoms with van der Waals surface area (Å²) in [6, 6.07) is 12.6. The van der Waals surface area contributed by atoms with Gasteiger partial charge in [0.25, 0.3) is 0 Å². The normalized spacial score (nSPS) is 20.8. The van der Waals surface area contributed by atoms with Gasteiger partial charge in [-0.3, -0.25) is 0 Å². The number of nitrogens with zero attached hydrogens (tertiary/aromatic N) is 1. The third kappa shape index (κ3) is 3.71. The Balaban J connectivity index is 1.69. The molecule has 0 spiro atoms. The number of hydrogen-bond acceptors (Lipinski definition) is 1. The molecule has 2 aromatic heterocycles. The molecule has 0 unspecified atom stereocenters. The van der Waals surface area contributed by atoms with Crippen molar-refractivity contribution in [2.45, 2.75) is 96.8 Å². The number of furan rings is 1. The summed E-state index contributed by atoms with van der Waals surface area (Å²) < 4.78 is 27.3. The van der Waals surface area contributed by atoms with Crippen LogP contribution >= 0.6 is 0 Å². The van der Waals surface area contributed by atoms with Crippen molar-refractivity contribution in [2.24, 2.45) is 13.0 Å². The molecule has 2 nitrogen and oxygen atoms in total. The van der Waals surface area contributed by atoms with E-state index < -0.39 is 6.37 Å². The first-order chi connectivity index (χ1) is 17.9. The predicted octanol–water partition coefficient (Wildman–Crippen LogP) is 8.86. The third-order valence-corrected chi connectivity index (χ3v) is 9.18. The molecule has 0 aliphatic heterocycles. The smallest absolute Gasteiger partial charge is 0.216 e. The molecule has 2 heterocycles. The van der Waals surface area contributed by atoms with Crippen LogP contribution in [0.1, 0.15) is 97.6 Å². The molecule has 2 aliphatic rings. The molecule has 2 aliphatic carbocycles. The third-order valence-electron chi connectivity index (χ3n) is 9.18. The highest BCUT2D eigenvalue weighted by Gasteiger charge is 2.42. The molecule has 188 valence electrons. The van der Waals surface area contributed by atoms with Gasteiger partial charge in [0, 0.05) is 25.6 Å². The summed E-state index contributed by atoms with van der Waals surface area (Å²) in [7, 11) is 2.08. The Morgan fingerprint density at radius 1 is 0.972 bits per heavy atom. The number of benzene rings is 2. The lowest BCUT2D eigenvalue weighted by molar-refractivity contribution is -0.660. The Labute approximate surface area is 219 Å². The lowest BCUT2D eigenvalue weighted by atomic mass is 9.60. The molecule has 0 saturated heterocycles. The van der Waals surface area contributed by atoms with E-state index in [2.05, 4.69) is 76.6 Å². The maximum absolute atomic E-state index is 9.20. The molecule has 4 aromatic rings. The van der Waals surface area contributed by atoms with Gasteiger partial charge in [-0.05, 0) is 71.2 Å². The molecule has 36 heavy (non-hydrogen) atoms. The molecule has 0 radical (unpaired) electrons. The maximum atomic E-state index is 9.20. The standard InChI is InChI=1S/C34H42NO/c1-22-28(26-21-24(16-19-35(26)6)20-23-12-8-7-9-13-23)32-29(25-14-10-11-15-27(25)36-32)31-30(22)33(2,3)17-18-34(31,4)5/h10-11,14-16,19,21,23H,7-9,12-13,17-18,20H2,1-6H3/q+1/i20D2. The molecule has 2 heteroatoms. The van der Waals surface area contributed by atoms with Crippen molar-refractivity contribution in [3.05, 3.63) is 64.8 Å². The van der Waals surface area contributed by atoms with Crippen LogP contribution in [0, 0.1) is 12.8 Å². The minimum absolute atomic E-state index is 0.0432. The first kappa shape index (κ1) is 21.5. The van der Waals surface area contributed by atoms with Gasteiger partial charge in [-0.2, -0.15) is 0 Å². The maximum Gasteiger partial charge on any atom is 0.216 e. The van der Waals surface area contributed by atoms with E-state index in [1.165, 1.54) is 33.9 Å². The molecule has 6 rings (SSSR count). The van der Waals surface area contributed by atoms with Crippen LogP contribution in [0.3, 0.4) is 0 Å². The van der Waals surface area contributed by atoms with Gasteiger partial charge in [0.05, 0.1) is 5.56 Å². The van der Waals surface area contributed by atoms with E-state index in [-0.39, 0.29) is 16.7 Å². The second-order valence-electron chi connectivity index (χ2n) is 12.7. The van der Waals surface area contributed by atoms with Crippen LogP contribution in [-0.2, 0) is 24.3 Å². The SMILES string of the molecule is [2H]C([2H])(c1cc[n+](C)c(-c2c(C)c3c(c4c2oc2ccccc24)C(C)(C)CCC3(C)C)c1)C1CCCCC1. The second-order valence-corrected chi connectivity index (χ2v) is 12.7. The summed E-state index contributed by atoms with van der Waals surface area (Å²) in [6.45, 7) is 11.8. The molecular weight excluding hydrogens is 438 g/mol. The quantitative estimate of drug-likeness (QED) is 0.266. The van der Waals surface area contributed by atoms with E-state index in [9.17, 15) is 2.74 Å². The van der Waals surface area contributed by atoms with Crippen molar-refractivity contribution < 1.29 is 11.7 Å². The molecule has 0 N–H and O–H groups in total. The van der Waals surface area contributed by atoms with Crippen LogP contribution in [0.15, 0.2) is 47.0 Å². The van der Waals surface area contributed by atoms with Gasteiger partial charge < -0.3 is 4.42 Å². The zero-order valence-corrected chi connectivity index (χ0v) is 22.9. The predicted molar refractivity (Wildman–Crippen MR) is 151 cm³/mol. The van der Waals surface area contributed by atoms with E-state index >= 15 is 0 Å². The van der Waals surface area contributed by atoms with E-state index in [0.29, 0.717) is 0 Å². The molecule has 0 amide bonds. The highest BCUT2D eigenvalue weighted by Crippen LogP contribution is 2.54. The average molecular weight is 483 g/mol.